The van der Waals surface area contributed by atoms with Crippen molar-refractivity contribution in [3.8, 4) is 0 Å². The first-order valence-electron chi connectivity index (χ1n) is 6.13. The summed E-state index contributed by atoms with van der Waals surface area (Å²) in [6, 6.07) is -0.870. The van der Waals surface area contributed by atoms with E-state index in [-0.39, 0.29) is 5.41 Å². The first-order chi connectivity index (χ1) is 7.09. The average Bonchev–Trinajstić information content (AvgIpc) is 2.14. The molecule has 15 heavy (non-hydrogen) atoms. The molecule has 1 nitrogen and oxygen atoms in total. The van der Waals surface area contributed by atoms with Gasteiger partial charge in [0.05, 0.1) is 6.04 Å². The minimum atomic E-state index is -2.33. The van der Waals surface area contributed by atoms with E-state index in [2.05, 4.69) is 0 Å². The van der Waals surface area contributed by atoms with E-state index in [1.807, 2.05) is 0 Å². The zero-order valence-electron chi connectivity index (χ0n) is 8.96. The Morgan fingerprint density at radius 1 is 0.933 bits per heavy atom. The van der Waals surface area contributed by atoms with Crippen LogP contribution < -0.4 is 5.73 Å². The third kappa shape index (κ3) is 1.42. The SMILES string of the molecule is NC(C(F)F)C12CC3CC(CC(C3)C1)C2. The van der Waals surface area contributed by atoms with Crippen molar-refractivity contribution in [2.24, 2.45) is 28.9 Å². The van der Waals surface area contributed by atoms with Gasteiger partial charge in [-0.2, -0.15) is 0 Å². The highest BCUT2D eigenvalue weighted by Gasteiger charge is 2.55. The van der Waals surface area contributed by atoms with Crippen molar-refractivity contribution < 1.29 is 8.78 Å². The third-order valence-electron chi connectivity index (χ3n) is 5.06. The van der Waals surface area contributed by atoms with Gasteiger partial charge >= 0.3 is 0 Å². The molecule has 1 unspecified atom stereocenters. The van der Waals surface area contributed by atoms with Crippen LogP contribution in [0.15, 0.2) is 0 Å². The van der Waals surface area contributed by atoms with E-state index >= 15 is 0 Å². The summed E-state index contributed by atoms with van der Waals surface area (Å²) in [5.74, 6) is 2.13. The molecule has 0 aromatic heterocycles. The van der Waals surface area contributed by atoms with E-state index in [0.717, 1.165) is 19.3 Å². The lowest BCUT2D eigenvalue weighted by atomic mass is 9.48. The van der Waals surface area contributed by atoms with Crippen molar-refractivity contribution in [2.75, 3.05) is 0 Å². The fourth-order valence-electron chi connectivity index (χ4n) is 4.85. The molecule has 0 amide bonds. The van der Waals surface area contributed by atoms with E-state index in [0.29, 0.717) is 17.8 Å². The quantitative estimate of drug-likeness (QED) is 0.753. The maximum absolute atomic E-state index is 12.8. The lowest BCUT2D eigenvalue weighted by molar-refractivity contribution is -0.0954. The van der Waals surface area contributed by atoms with Gasteiger partial charge in [0.1, 0.15) is 0 Å². The molecule has 4 fully saturated rings. The summed E-state index contributed by atoms with van der Waals surface area (Å²) in [6.45, 7) is 0. The normalized spacial score (nSPS) is 50.0. The summed E-state index contributed by atoms with van der Waals surface area (Å²) in [7, 11) is 0. The van der Waals surface area contributed by atoms with Crippen LogP contribution in [0.2, 0.25) is 0 Å². The van der Waals surface area contributed by atoms with Gasteiger partial charge in [0.2, 0.25) is 0 Å². The van der Waals surface area contributed by atoms with Crippen LogP contribution in [0, 0.1) is 23.2 Å². The Balaban J connectivity index is 1.86. The molecule has 0 saturated heterocycles. The van der Waals surface area contributed by atoms with Gasteiger partial charge in [0.15, 0.2) is 0 Å². The van der Waals surface area contributed by atoms with Crippen molar-refractivity contribution in [1.29, 1.82) is 0 Å². The van der Waals surface area contributed by atoms with Crippen LogP contribution in [-0.2, 0) is 0 Å². The van der Waals surface area contributed by atoms with Crippen LogP contribution in [0.3, 0.4) is 0 Å². The summed E-state index contributed by atoms with van der Waals surface area (Å²) >= 11 is 0. The standard InChI is InChI=1S/C12H19F2N/c13-11(14)10(15)12-4-7-1-8(5-12)3-9(2-7)6-12/h7-11H,1-6,15H2. The molecule has 1 atom stereocenters. The molecular formula is C12H19F2N. The van der Waals surface area contributed by atoms with Gasteiger partial charge in [-0.3, -0.25) is 0 Å². The maximum Gasteiger partial charge on any atom is 0.254 e. The minimum absolute atomic E-state index is 0.192. The van der Waals surface area contributed by atoms with Crippen LogP contribution in [0.25, 0.3) is 0 Å². The molecule has 0 heterocycles. The summed E-state index contributed by atoms with van der Waals surface area (Å²) in [4.78, 5) is 0. The van der Waals surface area contributed by atoms with Gasteiger partial charge in [0, 0.05) is 0 Å². The van der Waals surface area contributed by atoms with Gasteiger partial charge in [0.25, 0.3) is 6.43 Å². The molecule has 0 aromatic carbocycles. The minimum Gasteiger partial charge on any atom is -0.322 e. The summed E-state index contributed by atoms with van der Waals surface area (Å²) in [5.41, 5.74) is 5.57. The van der Waals surface area contributed by atoms with E-state index in [9.17, 15) is 8.78 Å². The molecular weight excluding hydrogens is 196 g/mol. The molecule has 0 aliphatic heterocycles. The van der Waals surface area contributed by atoms with Crippen molar-refractivity contribution in [3.05, 3.63) is 0 Å². The average molecular weight is 215 g/mol. The third-order valence-corrected chi connectivity index (χ3v) is 5.06. The molecule has 0 radical (unpaired) electrons. The number of hydrogen-bond donors (Lipinski definition) is 1. The smallest absolute Gasteiger partial charge is 0.254 e. The summed E-state index contributed by atoms with van der Waals surface area (Å²) in [6.07, 6.45) is 4.46. The highest BCUT2D eigenvalue weighted by Crippen LogP contribution is 2.61. The molecule has 0 spiro atoms. The molecule has 4 bridgehead atoms. The first-order valence-corrected chi connectivity index (χ1v) is 6.13. The number of halogens is 2. The molecule has 4 saturated carbocycles. The predicted molar refractivity (Wildman–Crippen MR) is 54.6 cm³/mol. The van der Waals surface area contributed by atoms with Crippen molar-refractivity contribution in [1.82, 2.24) is 0 Å². The molecule has 3 heteroatoms. The van der Waals surface area contributed by atoms with E-state index < -0.39 is 12.5 Å². The summed E-state index contributed by atoms with van der Waals surface area (Å²) in [5, 5.41) is 0. The number of alkyl halides is 2. The number of rotatable bonds is 2. The molecule has 4 rings (SSSR count). The fourth-order valence-corrected chi connectivity index (χ4v) is 4.85. The van der Waals surface area contributed by atoms with E-state index in [1.165, 1.54) is 19.3 Å². The lowest BCUT2D eigenvalue weighted by Crippen LogP contribution is -2.56. The van der Waals surface area contributed by atoms with Crippen LogP contribution in [-0.4, -0.2) is 12.5 Å². The van der Waals surface area contributed by atoms with Crippen molar-refractivity contribution in [2.45, 2.75) is 51.0 Å². The van der Waals surface area contributed by atoms with Gasteiger partial charge in [-0.25, -0.2) is 8.78 Å². The molecule has 86 valence electrons. The second kappa shape index (κ2) is 3.16. The van der Waals surface area contributed by atoms with Crippen molar-refractivity contribution in [3.63, 3.8) is 0 Å². The highest BCUT2D eigenvalue weighted by molar-refractivity contribution is 5.05. The van der Waals surface area contributed by atoms with Crippen LogP contribution >= 0.6 is 0 Å². The number of nitrogens with two attached hydrogens (primary N) is 1. The zero-order valence-corrected chi connectivity index (χ0v) is 8.96. The predicted octanol–water partition coefficient (Wildman–Crippen LogP) is 2.80. The van der Waals surface area contributed by atoms with Crippen molar-refractivity contribution >= 4 is 0 Å². The second-order valence-corrected chi connectivity index (χ2v) is 6.14. The topological polar surface area (TPSA) is 26.0 Å². The van der Waals surface area contributed by atoms with Gasteiger partial charge in [-0.1, -0.05) is 0 Å². The Labute approximate surface area is 89.4 Å². The Morgan fingerprint density at radius 3 is 1.67 bits per heavy atom. The Kier molecular flexibility index (Phi) is 2.11. The van der Waals surface area contributed by atoms with Gasteiger partial charge < -0.3 is 5.73 Å². The second-order valence-electron chi connectivity index (χ2n) is 6.14. The van der Waals surface area contributed by atoms with Gasteiger partial charge in [-0.05, 0) is 61.7 Å². The summed E-state index contributed by atoms with van der Waals surface area (Å²) < 4.78 is 25.6. The molecule has 2 N–H and O–H groups in total. The molecule has 4 aliphatic rings. The van der Waals surface area contributed by atoms with E-state index in [1.54, 1.807) is 0 Å². The monoisotopic (exact) mass is 215 g/mol. The maximum atomic E-state index is 12.8. The molecule has 0 aromatic rings. The Morgan fingerprint density at radius 2 is 1.33 bits per heavy atom. The van der Waals surface area contributed by atoms with Crippen LogP contribution in [0.5, 0.6) is 0 Å². The molecule has 4 aliphatic carbocycles. The Bertz CT molecular complexity index is 229. The Hall–Kier alpha value is -0.180. The van der Waals surface area contributed by atoms with Gasteiger partial charge in [-0.15, -0.1) is 0 Å². The fraction of sp³-hybridized carbons (Fsp3) is 1.00. The first kappa shape index (κ1) is 10.0. The largest absolute Gasteiger partial charge is 0.322 e. The lowest BCUT2D eigenvalue weighted by Gasteiger charge is -2.58. The highest BCUT2D eigenvalue weighted by atomic mass is 19.3. The van der Waals surface area contributed by atoms with Crippen LogP contribution in [0.1, 0.15) is 38.5 Å². The van der Waals surface area contributed by atoms with Crippen LogP contribution in [0.4, 0.5) is 8.78 Å². The number of hydrogen-bond acceptors (Lipinski definition) is 1. The van der Waals surface area contributed by atoms with E-state index in [4.69, 9.17) is 5.73 Å². The zero-order chi connectivity index (χ0) is 10.6.